The van der Waals surface area contributed by atoms with Gasteiger partial charge < -0.3 is 10.4 Å². The molecule has 1 aliphatic carbocycles. The average molecular weight is 250 g/mol. The molecule has 1 aliphatic rings. The van der Waals surface area contributed by atoms with E-state index >= 15 is 0 Å². The first-order chi connectivity index (χ1) is 8.49. The Bertz CT molecular complexity index is 473. The van der Waals surface area contributed by atoms with Crippen molar-refractivity contribution in [1.29, 1.82) is 0 Å². The summed E-state index contributed by atoms with van der Waals surface area (Å²) in [5.74, 6) is -0.832. The van der Waals surface area contributed by atoms with Crippen LogP contribution in [0.4, 0.5) is 4.39 Å². The van der Waals surface area contributed by atoms with Gasteiger partial charge in [-0.3, -0.25) is 9.79 Å². The molecule has 2 N–H and O–H groups in total. The molecule has 96 valence electrons. The highest BCUT2D eigenvalue weighted by Crippen LogP contribution is 2.15. The highest BCUT2D eigenvalue weighted by atomic mass is 19.1. The van der Waals surface area contributed by atoms with Crippen LogP contribution in [0.25, 0.3) is 0 Å². The van der Waals surface area contributed by atoms with Crippen LogP contribution in [0.15, 0.2) is 53.0 Å². The van der Waals surface area contributed by atoms with Gasteiger partial charge in [0.2, 0.25) is 0 Å². The third kappa shape index (κ3) is 4.78. The topological polar surface area (TPSA) is 61.7 Å². The Morgan fingerprint density at radius 2 is 2.28 bits per heavy atom. The molecule has 0 aromatic carbocycles. The van der Waals surface area contributed by atoms with Crippen LogP contribution >= 0.6 is 0 Å². The third-order valence-corrected chi connectivity index (χ3v) is 2.20. The van der Waals surface area contributed by atoms with Gasteiger partial charge in [-0.1, -0.05) is 18.7 Å². The highest BCUT2D eigenvalue weighted by molar-refractivity contribution is 5.84. The van der Waals surface area contributed by atoms with Crippen LogP contribution in [0.3, 0.4) is 0 Å². The summed E-state index contributed by atoms with van der Waals surface area (Å²) in [5.41, 5.74) is 1.31. The van der Waals surface area contributed by atoms with Crippen molar-refractivity contribution in [3.05, 3.63) is 48.0 Å². The first kappa shape index (κ1) is 13.9. The molecule has 0 atom stereocenters. The van der Waals surface area contributed by atoms with Crippen molar-refractivity contribution in [1.82, 2.24) is 5.32 Å². The molecular formula is C13H15FN2O2. The number of nitrogens with one attached hydrogen (secondary N) is 1. The van der Waals surface area contributed by atoms with Gasteiger partial charge in [0.15, 0.2) is 0 Å². The van der Waals surface area contributed by atoms with Gasteiger partial charge in [0.1, 0.15) is 12.4 Å². The SMILES string of the molecule is C=C(NC(C)=NCC(=O)O)C1=CCC=C(F)C=C1. The minimum absolute atomic E-state index is 0.287. The van der Waals surface area contributed by atoms with Gasteiger partial charge in [0, 0.05) is 5.70 Å². The number of aliphatic carboxylic acids is 1. The molecule has 0 saturated heterocycles. The molecular weight excluding hydrogens is 235 g/mol. The van der Waals surface area contributed by atoms with Crippen molar-refractivity contribution in [2.75, 3.05) is 6.54 Å². The van der Waals surface area contributed by atoms with Crippen molar-refractivity contribution in [3.63, 3.8) is 0 Å². The van der Waals surface area contributed by atoms with E-state index in [1.165, 1.54) is 12.2 Å². The number of carboxylic acids is 1. The monoisotopic (exact) mass is 250 g/mol. The Balaban J connectivity index is 2.61. The molecule has 0 heterocycles. The summed E-state index contributed by atoms with van der Waals surface area (Å²) in [4.78, 5) is 14.1. The van der Waals surface area contributed by atoms with E-state index in [4.69, 9.17) is 5.11 Å². The molecule has 4 nitrogen and oxygen atoms in total. The molecule has 0 saturated carbocycles. The van der Waals surface area contributed by atoms with Gasteiger partial charge in [0.05, 0.1) is 5.84 Å². The predicted octanol–water partition coefficient (Wildman–Crippen LogP) is 2.33. The fourth-order valence-corrected chi connectivity index (χ4v) is 1.34. The number of halogens is 1. The number of allylic oxidation sites excluding steroid dienone is 5. The van der Waals surface area contributed by atoms with Gasteiger partial charge >= 0.3 is 5.97 Å². The largest absolute Gasteiger partial charge is 0.480 e. The summed E-state index contributed by atoms with van der Waals surface area (Å²) >= 11 is 0. The summed E-state index contributed by atoms with van der Waals surface area (Å²) in [6.45, 7) is 5.16. The standard InChI is InChI=1S/C13H15FN2O2/c1-9(16-10(2)15-8-13(17)18)11-4-3-5-12(14)7-6-11/h4-7H,1,3,8H2,2H3,(H,15,16)(H,17,18). The first-order valence-electron chi connectivity index (χ1n) is 5.42. The van der Waals surface area contributed by atoms with Gasteiger partial charge in [-0.05, 0) is 31.1 Å². The lowest BCUT2D eigenvalue weighted by Gasteiger charge is -2.09. The van der Waals surface area contributed by atoms with Crippen LogP contribution in [0.1, 0.15) is 13.3 Å². The molecule has 0 spiro atoms. The Kier molecular flexibility index (Phi) is 5.05. The number of carbonyl (C=O) groups is 1. The summed E-state index contributed by atoms with van der Waals surface area (Å²) in [5, 5.41) is 11.4. The van der Waals surface area contributed by atoms with Crippen molar-refractivity contribution in [3.8, 4) is 0 Å². The van der Waals surface area contributed by atoms with Gasteiger partial charge in [-0.25, -0.2) is 4.39 Å². The quantitative estimate of drug-likeness (QED) is 0.594. The highest BCUT2D eigenvalue weighted by Gasteiger charge is 2.03. The molecule has 0 aromatic heterocycles. The number of hydrogen-bond acceptors (Lipinski definition) is 2. The van der Waals surface area contributed by atoms with Crippen LogP contribution in [0, 0.1) is 0 Å². The Morgan fingerprint density at radius 1 is 1.56 bits per heavy atom. The first-order valence-corrected chi connectivity index (χ1v) is 5.42. The molecule has 18 heavy (non-hydrogen) atoms. The van der Waals surface area contributed by atoms with E-state index in [0.29, 0.717) is 18.0 Å². The predicted molar refractivity (Wildman–Crippen MR) is 68.9 cm³/mol. The van der Waals surface area contributed by atoms with Crippen LogP contribution < -0.4 is 5.32 Å². The van der Waals surface area contributed by atoms with E-state index in [-0.39, 0.29) is 12.4 Å². The van der Waals surface area contributed by atoms with Gasteiger partial charge in [-0.2, -0.15) is 0 Å². The normalized spacial score (nSPS) is 15.6. The lowest BCUT2D eigenvalue weighted by Crippen LogP contribution is -2.21. The number of rotatable bonds is 4. The van der Waals surface area contributed by atoms with Crippen molar-refractivity contribution in [2.45, 2.75) is 13.3 Å². The summed E-state index contributed by atoms with van der Waals surface area (Å²) < 4.78 is 13.0. The molecule has 0 unspecified atom stereocenters. The van der Waals surface area contributed by atoms with Crippen molar-refractivity contribution in [2.24, 2.45) is 4.99 Å². The van der Waals surface area contributed by atoms with E-state index in [9.17, 15) is 9.18 Å². The van der Waals surface area contributed by atoms with Crippen molar-refractivity contribution >= 4 is 11.8 Å². The van der Waals surface area contributed by atoms with Crippen molar-refractivity contribution < 1.29 is 14.3 Å². The Morgan fingerprint density at radius 3 is 2.94 bits per heavy atom. The van der Waals surface area contributed by atoms with E-state index in [1.807, 2.05) is 6.08 Å². The van der Waals surface area contributed by atoms with E-state index in [1.54, 1.807) is 13.0 Å². The number of hydrogen-bond donors (Lipinski definition) is 2. The maximum absolute atomic E-state index is 13.0. The van der Waals surface area contributed by atoms with E-state index in [0.717, 1.165) is 5.57 Å². The second-order valence-corrected chi connectivity index (χ2v) is 3.72. The maximum atomic E-state index is 13.0. The molecule has 0 amide bonds. The number of nitrogens with zero attached hydrogens (tertiary/aromatic N) is 1. The van der Waals surface area contributed by atoms with Crippen LogP contribution in [-0.2, 0) is 4.79 Å². The number of amidine groups is 1. The smallest absolute Gasteiger partial charge is 0.325 e. The lowest BCUT2D eigenvalue weighted by molar-refractivity contribution is -0.135. The zero-order chi connectivity index (χ0) is 13.5. The minimum atomic E-state index is -0.999. The lowest BCUT2D eigenvalue weighted by atomic mass is 10.1. The summed E-state index contributed by atoms with van der Waals surface area (Å²) in [7, 11) is 0. The summed E-state index contributed by atoms with van der Waals surface area (Å²) in [6.07, 6.45) is 6.74. The van der Waals surface area contributed by atoms with Gasteiger partial charge in [-0.15, -0.1) is 0 Å². The molecule has 0 aromatic rings. The third-order valence-electron chi connectivity index (χ3n) is 2.20. The molecule has 5 heteroatoms. The second-order valence-electron chi connectivity index (χ2n) is 3.72. The molecule has 0 aliphatic heterocycles. The average Bonchev–Trinajstić information content (AvgIpc) is 2.51. The zero-order valence-electron chi connectivity index (χ0n) is 10.1. The fourth-order valence-electron chi connectivity index (χ4n) is 1.34. The van der Waals surface area contributed by atoms with Gasteiger partial charge in [0.25, 0.3) is 0 Å². The zero-order valence-corrected chi connectivity index (χ0v) is 10.1. The van der Waals surface area contributed by atoms with E-state index in [2.05, 4.69) is 16.9 Å². The fraction of sp³-hybridized carbons (Fsp3) is 0.231. The number of carboxylic acid groups (broad SMARTS) is 1. The minimum Gasteiger partial charge on any atom is -0.480 e. The molecule has 1 rings (SSSR count). The molecule has 0 bridgehead atoms. The molecule has 0 fully saturated rings. The van der Waals surface area contributed by atoms with Crippen LogP contribution in [-0.4, -0.2) is 23.5 Å². The maximum Gasteiger partial charge on any atom is 0.325 e. The number of aliphatic imine (C=N–C) groups is 1. The molecule has 0 radical (unpaired) electrons. The summed E-state index contributed by atoms with van der Waals surface area (Å²) in [6, 6.07) is 0. The Labute approximate surface area is 105 Å². The van der Waals surface area contributed by atoms with Crippen LogP contribution in [0.5, 0.6) is 0 Å². The second kappa shape index (κ2) is 6.54. The van der Waals surface area contributed by atoms with E-state index < -0.39 is 5.97 Å². The van der Waals surface area contributed by atoms with Crippen LogP contribution in [0.2, 0.25) is 0 Å². The Hall–Kier alpha value is -2.17.